The maximum atomic E-state index is 6.58. The van der Waals surface area contributed by atoms with Crippen LogP contribution in [-0.4, -0.2) is 9.78 Å². The van der Waals surface area contributed by atoms with Gasteiger partial charge in [0.05, 0.1) is 11.4 Å². The van der Waals surface area contributed by atoms with Crippen LogP contribution < -0.4 is 5.73 Å². The molecule has 2 N–H and O–H groups in total. The molecule has 1 atom stereocenters. The van der Waals surface area contributed by atoms with E-state index >= 15 is 0 Å². The van der Waals surface area contributed by atoms with E-state index in [-0.39, 0.29) is 6.04 Å². The standard InChI is InChI=1S/C18H25N3/c1-18(2)11-8-14(9-12-18)17(19)16-10-13-20-21(16)15-6-4-3-5-7-15/h3-7,10,13-14,17H,8-9,11-12,19H2,1-2H3. The van der Waals surface area contributed by atoms with Crippen molar-refractivity contribution in [2.75, 3.05) is 0 Å². The van der Waals surface area contributed by atoms with Crippen LogP contribution in [0.25, 0.3) is 5.69 Å². The molecule has 21 heavy (non-hydrogen) atoms. The third-order valence-electron chi connectivity index (χ3n) is 4.91. The predicted octanol–water partition coefficient (Wildman–Crippen LogP) is 4.09. The van der Waals surface area contributed by atoms with Crippen molar-refractivity contribution in [3.05, 3.63) is 48.3 Å². The topological polar surface area (TPSA) is 43.8 Å². The highest BCUT2D eigenvalue weighted by Crippen LogP contribution is 2.42. The van der Waals surface area contributed by atoms with E-state index in [9.17, 15) is 0 Å². The lowest BCUT2D eigenvalue weighted by atomic mass is 9.71. The van der Waals surface area contributed by atoms with Gasteiger partial charge in [-0.3, -0.25) is 0 Å². The summed E-state index contributed by atoms with van der Waals surface area (Å²) in [6, 6.07) is 12.4. The summed E-state index contributed by atoms with van der Waals surface area (Å²) in [7, 11) is 0. The molecule has 1 unspecified atom stereocenters. The largest absolute Gasteiger partial charge is 0.322 e. The molecule has 1 aliphatic carbocycles. The Morgan fingerprint density at radius 1 is 1.14 bits per heavy atom. The molecule has 0 amide bonds. The van der Waals surface area contributed by atoms with Gasteiger partial charge < -0.3 is 5.73 Å². The highest BCUT2D eigenvalue weighted by molar-refractivity contribution is 5.33. The second-order valence-corrected chi connectivity index (χ2v) is 7.03. The zero-order valence-electron chi connectivity index (χ0n) is 13.0. The molecule has 0 saturated heterocycles. The summed E-state index contributed by atoms with van der Waals surface area (Å²) in [5.74, 6) is 0.567. The van der Waals surface area contributed by atoms with Crippen LogP contribution in [0, 0.1) is 11.3 Å². The SMILES string of the molecule is CC1(C)CCC(C(N)c2ccnn2-c2ccccc2)CC1. The van der Waals surface area contributed by atoms with Crippen molar-refractivity contribution < 1.29 is 0 Å². The molecular formula is C18H25N3. The van der Waals surface area contributed by atoms with Gasteiger partial charge in [0.25, 0.3) is 0 Å². The first-order chi connectivity index (χ1) is 10.1. The lowest BCUT2D eigenvalue weighted by Gasteiger charge is -2.36. The second-order valence-electron chi connectivity index (χ2n) is 7.03. The van der Waals surface area contributed by atoms with Gasteiger partial charge in [-0.05, 0) is 55.2 Å². The molecule has 1 saturated carbocycles. The van der Waals surface area contributed by atoms with Gasteiger partial charge in [-0.15, -0.1) is 0 Å². The van der Waals surface area contributed by atoms with Crippen LogP contribution in [0.3, 0.4) is 0 Å². The molecule has 1 aromatic carbocycles. The summed E-state index contributed by atoms with van der Waals surface area (Å²) < 4.78 is 1.99. The number of hydrogen-bond acceptors (Lipinski definition) is 2. The smallest absolute Gasteiger partial charge is 0.0649 e. The second kappa shape index (κ2) is 5.64. The van der Waals surface area contributed by atoms with Gasteiger partial charge in [0.15, 0.2) is 0 Å². The van der Waals surface area contributed by atoms with Gasteiger partial charge >= 0.3 is 0 Å². The van der Waals surface area contributed by atoms with Crippen LogP contribution >= 0.6 is 0 Å². The summed E-state index contributed by atoms with van der Waals surface area (Å²) in [6.45, 7) is 4.73. The molecule has 1 fully saturated rings. The summed E-state index contributed by atoms with van der Waals surface area (Å²) in [6.07, 6.45) is 6.83. The lowest BCUT2D eigenvalue weighted by molar-refractivity contribution is 0.171. The van der Waals surface area contributed by atoms with E-state index in [2.05, 4.69) is 37.1 Å². The molecule has 0 aliphatic heterocycles. The zero-order chi connectivity index (χ0) is 14.9. The normalized spacial score (nSPS) is 20.3. The van der Waals surface area contributed by atoms with E-state index < -0.39 is 0 Å². The molecule has 1 heterocycles. The molecule has 0 spiro atoms. The van der Waals surface area contributed by atoms with E-state index in [0.29, 0.717) is 11.3 Å². The predicted molar refractivity (Wildman–Crippen MR) is 86.2 cm³/mol. The maximum absolute atomic E-state index is 6.58. The monoisotopic (exact) mass is 283 g/mol. The number of nitrogens with zero attached hydrogens (tertiary/aromatic N) is 2. The van der Waals surface area contributed by atoms with Crippen LogP contribution in [0.5, 0.6) is 0 Å². The van der Waals surface area contributed by atoms with Gasteiger partial charge in [-0.25, -0.2) is 4.68 Å². The minimum atomic E-state index is 0.0730. The number of nitrogens with two attached hydrogens (primary N) is 1. The van der Waals surface area contributed by atoms with Crippen molar-refractivity contribution in [1.29, 1.82) is 0 Å². The number of hydrogen-bond donors (Lipinski definition) is 1. The van der Waals surface area contributed by atoms with E-state index in [4.69, 9.17) is 5.73 Å². The van der Waals surface area contributed by atoms with Crippen LogP contribution in [0.4, 0.5) is 0 Å². The molecule has 112 valence electrons. The first-order valence-corrected chi connectivity index (χ1v) is 7.92. The Morgan fingerprint density at radius 3 is 2.48 bits per heavy atom. The summed E-state index contributed by atoms with van der Waals surface area (Å²) in [5, 5.41) is 4.47. The van der Waals surface area contributed by atoms with Crippen molar-refractivity contribution in [1.82, 2.24) is 9.78 Å². The number of aromatic nitrogens is 2. The zero-order valence-corrected chi connectivity index (χ0v) is 13.0. The number of benzene rings is 1. The minimum Gasteiger partial charge on any atom is -0.322 e. The van der Waals surface area contributed by atoms with Gasteiger partial charge in [0.2, 0.25) is 0 Å². The number of para-hydroxylation sites is 1. The molecule has 0 bridgehead atoms. The van der Waals surface area contributed by atoms with Crippen molar-refractivity contribution in [3.63, 3.8) is 0 Å². The third kappa shape index (κ3) is 3.03. The Hall–Kier alpha value is -1.61. The summed E-state index contributed by atoms with van der Waals surface area (Å²) in [5.41, 5.74) is 9.28. The van der Waals surface area contributed by atoms with Crippen molar-refractivity contribution in [2.45, 2.75) is 45.6 Å². The van der Waals surface area contributed by atoms with E-state index in [1.54, 1.807) is 0 Å². The van der Waals surface area contributed by atoms with Gasteiger partial charge in [-0.1, -0.05) is 32.0 Å². The van der Waals surface area contributed by atoms with Crippen LogP contribution in [0.15, 0.2) is 42.6 Å². The quantitative estimate of drug-likeness (QED) is 0.922. The molecule has 3 nitrogen and oxygen atoms in total. The first kappa shape index (κ1) is 14.3. The number of rotatable bonds is 3. The van der Waals surface area contributed by atoms with Gasteiger partial charge in [-0.2, -0.15) is 5.10 Å². The van der Waals surface area contributed by atoms with Crippen LogP contribution in [0.1, 0.15) is 51.3 Å². The summed E-state index contributed by atoms with van der Waals surface area (Å²) >= 11 is 0. The fourth-order valence-electron chi connectivity index (χ4n) is 3.37. The molecular weight excluding hydrogens is 258 g/mol. The molecule has 3 heteroatoms. The fraction of sp³-hybridized carbons (Fsp3) is 0.500. The van der Waals surface area contributed by atoms with Crippen LogP contribution in [-0.2, 0) is 0 Å². The Morgan fingerprint density at radius 2 is 1.81 bits per heavy atom. The van der Waals surface area contributed by atoms with Crippen LogP contribution in [0.2, 0.25) is 0 Å². The molecule has 0 radical (unpaired) electrons. The lowest BCUT2D eigenvalue weighted by Crippen LogP contribution is -2.30. The Labute approximate surface area is 127 Å². The average molecular weight is 283 g/mol. The maximum Gasteiger partial charge on any atom is 0.0649 e. The first-order valence-electron chi connectivity index (χ1n) is 7.92. The van der Waals surface area contributed by atoms with Gasteiger partial charge in [0.1, 0.15) is 0 Å². The third-order valence-corrected chi connectivity index (χ3v) is 4.91. The van der Waals surface area contributed by atoms with Crippen molar-refractivity contribution >= 4 is 0 Å². The molecule has 3 rings (SSSR count). The highest BCUT2D eigenvalue weighted by Gasteiger charge is 2.31. The Kier molecular flexibility index (Phi) is 3.85. The molecule has 1 aromatic heterocycles. The molecule has 1 aliphatic rings. The van der Waals surface area contributed by atoms with Crippen molar-refractivity contribution in [3.8, 4) is 5.69 Å². The van der Waals surface area contributed by atoms with Gasteiger partial charge in [0, 0.05) is 12.2 Å². The fourth-order valence-corrected chi connectivity index (χ4v) is 3.37. The van der Waals surface area contributed by atoms with Crippen molar-refractivity contribution in [2.24, 2.45) is 17.1 Å². The Bertz CT molecular complexity index is 576. The minimum absolute atomic E-state index is 0.0730. The molecule has 2 aromatic rings. The van der Waals surface area contributed by atoms with E-state index in [1.807, 2.05) is 29.1 Å². The average Bonchev–Trinajstić information content (AvgIpc) is 2.97. The summed E-state index contributed by atoms with van der Waals surface area (Å²) in [4.78, 5) is 0. The highest BCUT2D eigenvalue weighted by atomic mass is 15.3. The van der Waals surface area contributed by atoms with E-state index in [0.717, 1.165) is 11.4 Å². The Balaban J connectivity index is 1.80. The van der Waals surface area contributed by atoms with E-state index in [1.165, 1.54) is 25.7 Å².